The molecule has 22 heavy (non-hydrogen) atoms. The van der Waals surface area contributed by atoms with Crippen molar-refractivity contribution in [2.75, 3.05) is 26.2 Å². The quantitative estimate of drug-likeness (QED) is 0.610. The van der Waals surface area contributed by atoms with Crippen LogP contribution in [0.3, 0.4) is 0 Å². The summed E-state index contributed by atoms with van der Waals surface area (Å²) < 4.78 is 0. The molecule has 126 valence electrons. The second-order valence-corrected chi connectivity index (χ2v) is 5.88. The monoisotopic (exact) mass is 312 g/mol. The second kappa shape index (κ2) is 10.2. The van der Waals surface area contributed by atoms with Gasteiger partial charge in [-0.25, -0.2) is 4.79 Å². The Bertz CT molecular complexity index is 381. The van der Waals surface area contributed by atoms with Gasteiger partial charge in [-0.05, 0) is 25.8 Å². The molecular weight excluding hydrogens is 284 g/mol. The first-order valence-corrected chi connectivity index (χ1v) is 8.09. The highest BCUT2D eigenvalue weighted by atomic mass is 16.2. The molecular formula is C15H28N4O3. The third kappa shape index (κ3) is 7.97. The third-order valence-electron chi connectivity index (χ3n) is 3.92. The number of hydrogen-bond acceptors (Lipinski definition) is 4. The fraction of sp³-hybridized carbons (Fsp3) is 0.800. The second-order valence-electron chi connectivity index (χ2n) is 5.88. The van der Waals surface area contributed by atoms with Crippen LogP contribution in [-0.4, -0.2) is 48.9 Å². The van der Waals surface area contributed by atoms with Gasteiger partial charge in [0.25, 0.3) is 0 Å². The summed E-state index contributed by atoms with van der Waals surface area (Å²) in [6.45, 7) is 2.91. The van der Waals surface area contributed by atoms with E-state index >= 15 is 0 Å². The van der Waals surface area contributed by atoms with E-state index in [1.54, 1.807) is 11.8 Å². The standard InChI is InChI=1S/C15H28N4O3/c1-2-17-15(22)18-14(21)11-19(10-13(16)20)9-8-12-6-4-3-5-7-12/h12H,2-11H2,1H3,(H2,16,20)(H2,17,18,21,22). The van der Waals surface area contributed by atoms with E-state index in [0.717, 1.165) is 6.42 Å². The van der Waals surface area contributed by atoms with Crippen LogP contribution in [0.1, 0.15) is 45.4 Å². The number of hydrogen-bond donors (Lipinski definition) is 3. The first kappa shape index (κ1) is 18.4. The number of nitrogens with zero attached hydrogens (tertiary/aromatic N) is 1. The molecule has 7 heteroatoms. The average Bonchev–Trinajstić information content (AvgIpc) is 2.45. The molecule has 0 bridgehead atoms. The summed E-state index contributed by atoms with van der Waals surface area (Å²) in [5.41, 5.74) is 5.24. The van der Waals surface area contributed by atoms with E-state index in [4.69, 9.17) is 5.73 Å². The summed E-state index contributed by atoms with van der Waals surface area (Å²) >= 11 is 0. The van der Waals surface area contributed by atoms with Crippen molar-refractivity contribution < 1.29 is 14.4 Å². The largest absolute Gasteiger partial charge is 0.369 e. The van der Waals surface area contributed by atoms with Crippen molar-refractivity contribution in [2.45, 2.75) is 45.4 Å². The SMILES string of the molecule is CCNC(=O)NC(=O)CN(CCC1CCCCC1)CC(N)=O. The Morgan fingerprint density at radius 2 is 1.82 bits per heavy atom. The van der Waals surface area contributed by atoms with Crippen molar-refractivity contribution in [3.8, 4) is 0 Å². The minimum absolute atomic E-state index is 0.00674. The first-order valence-electron chi connectivity index (χ1n) is 8.09. The minimum atomic E-state index is -0.515. The minimum Gasteiger partial charge on any atom is -0.369 e. The van der Waals surface area contributed by atoms with E-state index in [0.29, 0.717) is 19.0 Å². The highest BCUT2D eigenvalue weighted by Crippen LogP contribution is 2.26. The molecule has 0 saturated heterocycles. The number of primary amides is 1. The Kier molecular flexibility index (Phi) is 8.50. The maximum Gasteiger partial charge on any atom is 0.321 e. The van der Waals surface area contributed by atoms with E-state index in [1.807, 2.05) is 0 Å². The molecule has 7 nitrogen and oxygen atoms in total. The smallest absolute Gasteiger partial charge is 0.321 e. The lowest BCUT2D eigenvalue weighted by atomic mass is 9.87. The van der Waals surface area contributed by atoms with Crippen LogP contribution in [0.2, 0.25) is 0 Å². The molecule has 4 amide bonds. The van der Waals surface area contributed by atoms with Crippen LogP contribution in [0, 0.1) is 5.92 Å². The van der Waals surface area contributed by atoms with Gasteiger partial charge >= 0.3 is 6.03 Å². The van der Waals surface area contributed by atoms with Crippen molar-refractivity contribution in [3.05, 3.63) is 0 Å². The number of carbonyl (C=O) groups is 3. The van der Waals surface area contributed by atoms with Crippen LogP contribution < -0.4 is 16.4 Å². The van der Waals surface area contributed by atoms with Crippen molar-refractivity contribution in [1.29, 1.82) is 0 Å². The van der Waals surface area contributed by atoms with E-state index < -0.39 is 17.8 Å². The molecule has 0 atom stereocenters. The summed E-state index contributed by atoms with van der Waals surface area (Å²) in [5.74, 6) is -0.221. The van der Waals surface area contributed by atoms with Gasteiger partial charge in [-0.1, -0.05) is 32.1 Å². The van der Waals surface area contributed by atoms with Crippen LogP contribution in [0.5, 0.6) is 0 Å². The van der Waals surface area contributed by atoms with E-state index in [1.165, 1.54) is 32.1 Å². The lowest BCUT2D eigenvalue weighted by Crippen LogP contribution is -2.46. The van der Waals surface area contributed by atoms with Crippen LogP contribution in [0.4, 0.5) is 4.79 Å². The first-order chi connectivity index (χ1) is 10.5. The van der Waals surface area contributed by atoms with Gasteiger partial charge in [-0.3, -0.25) is 19.8 Å². The summed E-state index contributed by atoms with van der Waals surface area (Å²) in [7, 11) is 0. The highest BCUT2D eigenvalue weighted by Gasteiger charge is 2.18. The van der Waals surface area contributed by atoms with Gasteiger partial charge in [0.15, 0.2) is 0 Å². The molecule has 0 spiro atoms. The maximum atomic E-state index is 11.8. The van der Waals surface area contributed by atoms with Crippen molar-refractivity contribution in [1.82, 2.24) is 15.5 Å². The normalized spacial score (nSPS) is 15.5. The van der Waals surface area contributed by atoms with Gasteiger partial charge in [0.1, 0.15) is 0 Å². The van der Waals surface area contributed by atoms with Crippen LogP contribution in [0.15, 0.2) is 0 Å². The molecule has 0 radical (unpaired) electrons. The number of nitrogens with two attached hydrogens (primary N) is 1. The lowest BCUT2D eigenvalue weighted by molar-refractivity contribution is -0.123. The number of imide groups is 1. The zero-order valence-corrected chi connectivity index (χ0v) is 13.4. The van der Waals surface area contributed by atoms with Gasteiger partial charge in [-0.2, -0.15) is 0 Å². The molecule has 1 aliphatic rings. The zero-order valence-electron chi connectivity index (χ0n) is 13.4. The predicted octanol–water partition coefficient (Wildman–Crippen LogP) is 0.590. The predicted molar refractivity (Wildman–Crippen MR) is 84.0 cm³/mol. The van der Waals surface area contributed by atoms with Crippen LogP contribution in [-0.2, 0) is 9.59 Å². The number of amides is 4. The number of nitrogens with one attached hydrogen (secondary N) is 2. The number of urea groups is 1. The van der Waals surface area contributed by atoms with Crippen molar-refractivity contribution >= 4 is 17.8 Å². The zero-order chi connectivity index (χ0) is 16.4. The highest BCUT2D eigenvalue weighted by molar-refractivity contribution is 5.95. The molecule has 1 aliphatic carbocycles. The van der Waals surface area contributed by atoms with Crippen molar-refractivity contribution in [3.63, 3.8) is 0 Å². The molecule has 4 N–H and O–H groups in total. The molecule has 0 aliphatic heterocycles. The Labute approximate surface area is 132 Å². The number of rotatable bonds is 8. The Morgan fingerprint density at radius 1 is 1.14 bits per heavy atom. The Balaban J connectivity index is 2.39. The van der Waals surface area contributed by atoms with E-state index in [2.05, 4.69) is 10.6 Å². The van der Waals surface area contributed by atoms with E-state index in [-0.39, 0.29) is 13.1 Å². The third-order valence-corrected chi connectivity index (χ3v) is 3.92. The summed E-state index contributed by atoms with van der Waals surface area (Å²) in [4.78, 5) is 36.0. The molecule has 0 aromatic heterocycles. The van der Waals surface area contributed by atoms with Gasteiger partial charge < -0.3 is 11.1 Å². The fourth-order valence-corrected chi connectivity index (χ4v) is 2.85. The summed E-state index contributed by atoms with van der Waals surface area (Å²) in [5, 5.41) is 4.73. The van der Waals surface area contributed by atoms with Gasteiger partial charge in [0.2, 0.25) is 11.8 Å². The molecule has 1 rings (SSSR count). The molecule has 1 fully saturated rings. The molecule has 0 aromatic rings. The van der Waals surface area contributed by atoms with E-state index in [9.17, 15) is 14.4 Å². The van der Waals surface area contributed by atoms with Crippen LogP contribution in [0.25, 0.3) is 0 Å². The summed E-state index contributed by atoms with van der Waals surface area (Å²) in [6.07, 6.45) is 7.22. The lowest BCUT2D eigenvalue weighted by Gasteiger charge is -2.25. The van der Waals surface area contributed by atoms with Gasteiger partial charge in [0.05, 0.1) is 13.1 Å². The topological polar surface area (TPSA) is 105 Å². The Hall–Kier alpha value is -1.63. The average molecular weight is 312 g/mol. The maximum absolute atomic E-state index is 11.8. The fourth-order valence-electron chi connectivity index (χ4n) is 2.85. The van der Waals surface area contributed by atoms with Crippen LogP contribution >= 0.6 is 0 Å². The van der Waals surface area contributed by atoms with Gasteiger partial charge in [0, 0.05) is 6.54 Å². The molecule has 0 aromatic carbocycles. The van der Waals surface area contributed by atoms with Crippen molar-refractivity contribution in [2.24, 2.45) is 11.7 Å². The summed E-state index contributed by atoms with van der Waals surface area (Å²) in [6, 6.07) is -0.515. The molecule has 1 saturated carbocycles. The molecule has 0 heterocycles. The number of carbonyl (C=O) groups excluding carboxylic acids is 3. The Morgan fingerprint density at radius 3 is 2.41 bits per heavy atom. The van der Waals surface area contributed by atoms with Gasteiger partial charge in [-0.15, -0.1) is 0 Å². The molecule has 0 unspecified atom stereocenters.